The van der Waals surface area contributed by atoms with Crippen molar-refractivity contribution in [1.82, 2.24) is 4.98 Å². The maximum atomic E-state index is 12.8. The third-order valence-electron chi connectivity index (χ3n) is 5.23. The van der Waals surface area contributed by atoms with Gasteiger partial charge in [-0.05, 0) is 60.9 Å². The van der Waals surface area contributed by atoms with Crippen LogP contribution in [0, 0.1) is 13.8 Å². The van der Waals surface area contributed by atoms with Gasteiger partial charge in [0.2, 0.25) is 0 Å². The minimum atomic E-state index is -0.245. The third kappa shape index (κ3) is 3.99. The lowest BCUT2D eigenvalue weighted by Crippen LogP contribution is -2.10. The fourth-order valence-electron chi connectivity index (χ4n) is 3.75. The van der Waals surface area contributed by atoms with Gasteiger partial charge < -0.3 is 9.73 Å². The van der Waals surface area contributed by atoms with Crippen molar-refractivity contribution in [2.75, 3.05) is 5.32 Å². The summed E-state index contributed by atoms with van der Waals surface area (Å²) in [7, 11) is 0. The van der Waals surface area contributed by atoms with Gasteiger partial charge in [-0.3, -0.25) is 4.79 Å². The van der Waals surface area contributed by atoms with E-state index in [4.69, 9.17) is 27.6 Å². The monoisotopic (exact) mass is 480 g/mol. The molecule has 32 heavy (non-hydrogen) atoms. The molecular weight excluding hydrogens is 463 g/mol. The highest BCUT2D eigenvalue weighted by atomic mass is 35.5. The number of halogens is 2. The Bertz CT molecular complexity index is 1490. The Morgan fingerprint density at radius 3 is 2.62 bits per heavy atom. The molecule has 2 aromatic heterocycles. The first-order valence-corrected chi connectivity index (χ1v) is 11.6. The van der Waals surface area contributed by atoms with Gasteiger partial charge in [0.05, 0.1) is 5.02 Å². The average molecular weight is 481 g/mol. The summed E-state index contributed by atoms with van der Waals surface area (Å²) < 4.78 is 6.84. The van der Waals surface area contributed by atoms with E-state index in [1.165, 1.54) is 11.3 Å². The fourth-order valence-corrected chi connectivity index (χ4v) is 5.44. The van der Waals surface area contributed by atoms with E-state index in [1.54, 1.807) is 6.07 Å². The number of nitrogens with one attached hydrogen (secondary N) is 1. The van der Waals surface area contributed by atoms with E-state index < -0.39 is 0 Å². The number of hydrogen-bond acceptors (Lipinski definition) is 4. The van der Waals surface area contributed by atoms with Crippen LogP contribution in [0.2, 0.25) is 10.0 Å². The van der Waals surface area contributed by atoms with Crippen molar-refractivity contribution in [3.8, 4) is 0 Å². The number of carbonyl (C=O) groups is 1. The van der Waals surface area contributed by atoms with Crippen LogP contribution in [0.1, 0.15) is 32.3 Å². The minimum absolute atomic E-state index is 0.245. The topological polar surface area (TPSA) is 55.1 Å². The molecule has 0 aliphatic carbocycles. The van der Waals surface area contributed by atoms with E-state index in [9.17, 15) is 4.79 Å². The second-order valence-electron chi connectivity index (χ2n) is 7.75. The Morgan fingerprint density at radius 2 is 1.84 bits per heavy atom. The highest BCUT2D eigenvalue weighted by Crippen LogP contribution is 2.37. The zero-order valence-corrected chi connectivity index (χ0v) is 19.7. The molecule has 0 aliphatic rings. The van der Waals surface area contributed by atoms with Crippen LogP contribution in [-0.2, 0) is 6.42 Å². The van der Waals surface area contributed by atoms with Crippen LogP contribution in [0.25, 0.3) is 21.2 Å². The number of rotatable bonds is 4. The van der Waals surface area contributed by atoms with Crippen LogP contribution in [0.15, 0.2) is 59.0 Å². The molecule has 7 heteroatoms. The Balaban J connectivity index is 1.32. The van der Waals surface area contributed by atoms with E-state index in [0.717, 1.165) is 37.9 Å². The molecule has 0 spiro atoms. The molecule has 5 aromatic rings. The summed E-state index contributed by atoms with van der Waals surface area (Å²) in [5, 5.41) is 4.80. The summed E-state index contributed by atoms with van der Waals surface area (Å²) in [6, 6.07) is 17.2. The third-order valence-corrected chi connectivity index (χ3v) is 7.12. The summed E-state index contributed by atoms with van der Waals surface area (Å²) >= 11 is 13.8. The molecule has 0 fully saturated rings. The Hall–Kier alpha value is -2.86. The lowest BCUT2D eigenvalue weighted by atomic mass is 10.1. The van der Waals surface area contributed by atoms with Crippen LogP contribution in [0.5, 0.6) is 0 Å². The van der Waals surface area contributed by atoms with Crippen LogP contribution >= 0.6 is 34.5 Å². The number of amides is 1. The first kappa shape index (κ1) is 21.0. The maximum absolute atomic E-state index is 12.8. The van der Waals surface area contributed by atoms with Gasteiger partial charge in [-0.15, -0.1) is 11.3 Å². The number of hydrogen-bond donors (Lipinski definition) is 1. The van der Waals surface area contributed by atoms with Gasteiger partial charge in [-0.2, -0.15) is 0 Å². The van der Waals surface area contributed by atoms with Gasteiger partial charge in [0.15, 0.2) is 11.5 Å². The molecule has 5 rings (SSSR count). The zero-order chi connectivity index (χ0) is 22.4. The molecule has 0 unspecified atom stereocenters. The van der Waals surface area contributed by atoms with Crippen molar-refractivity contribution in [2.24, 2.45) is 0 Å². The summed E-state index contributed by atoms with van der Waals surface area (Å²) in [6.45, 7) is 4.08. The normalized spacial score (nSPS) is 11.4. The molecule has 0 saturated carbocycles. The molecule has 160 valence electrons. The van der Waals surface area contributed by atoms with Crippen molar-refractivity contribution < 1.29 is 9.21 Å². The van der Waals surface area contributed by atoms with Crippen LogP contribution in [-0.4, -0.2) is 10.9 Å². The Kier molecular flexibility index (Phi) is 5.41. The van der Waals surface area contributed by atoms with Gasteiger partial charge in [-0.25, -0.2) is 4.98 Å². The molecular formula is C25H18Cl2N2O2S. The highest BCUT2D eigenvalue weighted by molar-refractivity contribution is 7.21. The van der Waals surface area contributed by atoms with Crippen LogP contribution in [0.4, 0.5) is 5.69 Å². The second kappa shape index (κ2) is 8.24. The van der Waals surface area contributed by atoms with Crippen LogP contribution < -0.4 is 5.32 Å². The smallest absolute Gasteiger partial charge is 0.267 e. The summed E-state index contributed by atoms with van der Waals surface area (Å²) in [5.74, 6) is 0.422. The van der Waals surface area contributed by atoms with Crippen molar-refractivity contribution in [2.45, 2.75) is 20.3 Å². The minimum Gasteiger partial charge on any atom is -0.440 e. The molecule has 0 bridgehead atoms. The van der Waals surface area contributed by atoms with E-state index in [1.807, 2.05) is 49.4 Å². The Labute approximate surface area is 198 Å². The first-order chi connectivity index (χ1) is 15.4. The highest BCUT2D eigenvalue weighted by Gasteiger charge is 2.18. The molecule has 0 radical (unpaired) electrons. The lowest BCUT2D eigenvalue weighted by molar-refractivity contribution is 0.103. The predicted molar refractivity (Wildman–Crippen MR) is 133 cm³/mol. The SMILES string of the molecule is Cc1cc(C)c2oc(Cc3ccc(NC(=O)c4sc5cc(Cl)ccc5c4Cl)cc3)nc2c1. The van der Waals surface area contributed by atoms with Crippen molar-refractivity contribution >= 4 is 67.3 Å². The number of thiophene rings is 1. The zero-order valence-electron chi connectivity index (χ0n) is 17.3. The van der Waals surface area contributed by atoms with Gasteiger partial charge in [0.1, 0.15) is 10.4 Å². The lowest BCUT2D eigenvalue weighted by Gasteiger charge is -2.05. The first-order valence-electron chi connectivity index (χ1n) is 10.0. The number of anilines is 1. The molecule has 3 aromatic carbocycles. The van der Waals surface area contributed by atoms with Gasteiger partial charge in [0, 0.05) is 27.2 Å². The quantitative estimate of drug-likeness (QED) is 0.285. The molecule has 2 heterocycles. The molecule has 0 saturated heterocycles. The predicted octanol–water partition coefficient (Wildman–Crippen LogP) is 7.81. The average Bonchev–Trinajstić information content (AvgIpc) is 3.30. The van der Waals surface area contributed by atoms with Crippen molar-refractivity contribution in [3.05, 3.63) is 92.1 Å². The van der Waals surface area contributed by atoms with E-state index in [-0.39, 0.29) is 5.91 Å². The summed E-state index contributed by atoms with van der Waals surface area (Å²) in [6.07, 6.45) is 0.574. The van der Waals surface area contributed by atoms with Crippen LogP contribution in [0.3, 0.4) is 0 Å². The fraction of sp³-hybridized carbons (Fsp3) is 0.120. The standard InChI is InChI=1S/C25H18Cl2N2O2S/c1-13-9-14(2)23-19(10-13)29-21(31-23)11-15-3-6-17(7-4-15)28-25(30)24-22(27)18-8-5-16(26)12-20(18)32-24/h3-10,12H,11H2,1-2H3,(H,28,30). The molecule has 0 atom stereocenters. The van der Waals surface area contributed by atoms with Crippen molar-refractivity contribution in [3.63, 3.8) is 0 Å². The maximum Gasteiger partial charge on any atom is 0.267 e. The molecule has 4 nitrogen and oxygen atoms in total. The number of aromatic nitrogens is 1. The van der Waals surface area contributed by atoms with E-state index >= 15 is 0 Å². The molecule has 1 N–H and O–H groups in total. The number of carbonyl (C=O) groups excluding carboxylic acids is 1. The number of benzene rings is 3. The number of aryl methyl sites for hydroxylation is 2. The molecule has 0 aliphatic heterocycles. The van der Waals surface area contributed by atoms with Crippen molar-refractivity contribution in [1.29, 1.82) is 0 Å². The summed E-state index contributed by atoms with van der Waals surface area (Å²) in [5.41, 5.74) is 5.68. The Morgan fingerprint density at radius 1 is 1.06 bits per heavy atom. The van der Waals surface area contributed by atoms with Gasteiger partial charge in [-0.1, -0.05) is 47.5 Å². The van der Waals surface area contributed by atoms with E-state index in [2.05, 4.69) is 23.3 Å². The number of oxazole rings is 1. The number of nitrogens with zero attached hydrogens (tertiary/aromatic N) is 1. The molecule has 1 amide bonds. The largest absolute Gasteiger partial charge is 0.440 e. The van der Waals surface area contributed by atoms with Gasteiger partial charge >= 0.3 is 0 Å². The summed E-state index contributed by atoms with van der Waals surface area (Å²) in [4.78, 5) is 17.9. The second-order valence-corrected chi connectivity index (χ2v) is 9.62. The number of fused-ring (bicyclic) bond motifs is 2. The van der Waals surface area contributed by atoms with E-state index in [0.29, 0.717) is 32.9 Å². The van der Waals surface area contributed by atoms with Gasteiger partial charge in [0.25, 0.3) is 5.91 Å².